The lowest BCUT2D eigenvalue weighted by molar-refractivity contribution is 0.781. The Bertz CT molecular complexity index is 728. The van der Waals surface area contributed by atoms with Gasteiger partial charge in [-0.15, -0.1) is 0 Å². The minimum absolute atomic E-state index is 0.322. The van der Waals surface area contributed by atoms with E-state index in [2.05, 4.69) is 35.1 Å². The Hall–Kier alpha value is -2.36. The highest BCUT2D eigenvalue weighted by Gasteiger charge is 2.12. The van der Waals surface area contributed by atoms with Crippen LogP contribution in [0.1, 0.15) is 25.6 Å². The fourth-order valence-electron chi connectivity index (χ4n) is 2.10. The first-order chi connectivity index (χ1) is 9.15. The Labute approximate surface area is 111 Å². The van der Waals surface area contributed by atoms with E-state index in [1.807, 2.05) is 30.3 Å². The van der Waals surface area contributed by atoms with Crippen molar-refractivity contribution in [1.82, 2.24) is 15.2 Å². The number of anilines is 1. The average molecular weight is 252 g/mol. The summed E-state index contributed by atoms with van der Waals surface area (Å²) in [5, 5.41) is 9.49. The third-order valence-electron chi connectivity index (χ3n) is 3.21. The van der Waals surface area contributed by atoms with Gasteiger partial charge in [0.2, 0.25) is 0 Å². The van der Waals surface area contributed by atoms with Gasteiger partial charge in [-0.3, -0.25) is 5.10 Å². The van der Waals surface area contributed by atoms with E-state index in [4.69, 9.17) is 5.73 Å². The largest absolute Gasteiger partial charge is 0.398 e. The second-order valence-electron chi connectivity index (χ2n) is 4.99. The fraction of sp³-hybridized carbons (Fsp3) is 0.200. The molecule has 0 aliphatic rings. The fourth-order valence-corrected chi connectivity index (χ4v) is 2.10. The number of nitrogens with one attached hydrogen (secondary N) is 1. The van der Waals surface area contributed by atoms with E-state index in [0.29, 0.717) is 17.4 Å². The molecule has 0 unspecified atom stereocenters. The molecule has 0 saturated carbocycles. The summed E-state index contributed by atoms with van der Waals surface area (Å²) in [5.74, 6) is 1.86. The molecule has 19 heavy (non-hydrogen) atoms. The lowest BCUT2D eigenvalue weighted by Gasteiger charge is -2.04. The predicted octanol–water partition coefficient (Wildman–Crippen LogP) is 3.33. The average Bonchev–Trinajstić information content (AvgIpc) is 2.87. The highest BCUT2D eigenvalue weighted by molar-refractivity contribution is 5.92. The molecular weight excluding hydrogens is 236 g/mol. The maximum absolute atomic E-state index is 6.11. The summed E-state index contributed by atoms with van der Waals surface area (Å²) in [4.78, 5) is 4.50. The molecule has 0 atom stereocenters. The molecular formula is C15H16N4. The van der Waals surface area contributed by atoms with Crippen LogP contribution >= 0.6 is 0 Å². The number of benzene rings is 2. The first-order valence-electron chi connectivity index (χ1n) is 6.36. The van der Waals surface area contributed by atoms with E-state index in [9.17, 15) is 0 Å². The number of hydrogen-bond donors (Lipinski definition) is 2. The van der Waals surface area contributed by atoms with Crippen molar-refractivity contribution in [2.45, 2.75) is 19.8 Å². The second kappa shape index (κ2) is 4.39. The SMILES string of the molecule is CC(C)c1nc(-c2cc3ccccc3cc2N)n[nH]1. The highest BCUT2D eigenvalue weighted by Crippen LogP contribution is 2.28. The van der Waals surface area contributed by atoms with Gasteiger partial charge in [-0.2, -0.15) is 5.10 Å². The molecule has 0 aliphatic heterocycles. The Morgan fingerprint density at radius 2 is 1.79 bits per heavy atom. The molecule has 0 bridgehead atoms. The Morgan fingerprint density at radius 1 is 1.11 bits per heavy atom. The molecule has 3 N–H and O–H groups in total. The van der Waals surface area contributed by atoms with Gasteiger partial charge >= 0.3 is 0 Å². The lowest BCUT2D eigenvalue weighted by Crippen LogP contribution is -1.93. The molecule has 0 aliphatic carbocycles. The van der Waals surface area contributed by atoms with Crippen LogP contribution in [0.15, 0.2) is 36.4 Å². The topological polar surface area (TPSA) is 67.6 Å². The smallest absolute Gasteiger partial charge is 0.183 e. The van der Waals surface area contributed by atoms with Gasteiger partial charge < -0.3 is 5.73 Å². The maximum Gasteiger partial charge on any atom is 0.183 e. The van der Waals surface area contributed by atoms with E-state index in [-0.39, 0.29) is 0 Å². The van der Waals surface area contributed by atoms with Gasteiger partial charge in [0.25, 0.3) is 0 Å². The zero-order valence-electron chi connectivity index (χ0n) is 11.0. The zero-order chi connectivity index (χ0) is 13.4. The van der Waals surface area contributed by atoms with Crippen molar-refractivity contribution in [3.05, 3.63) is 42.2 Å². The number of rotatable bonds is 2. The molecule has 4 nitrogen and oxygen atoms in total. The van der Waals surface area contributed by atoms with Crippen molar-refractivity contribution in [3.8, 4) is 11.4 Å². The molecule has 0 fully saturated rings. The molecule has 1 heterocycles. The molecule has 4 heteroatoms. The Morgan fingerprint density at radius 3 is 2.42 bits per heavy atom. The second-order valence-corrected chi connectivity index (χ2v) is 4.99. The Kier molecular flexibility index (Phi) is 2.71. The summed E-state index contributed by atoms with van der Waals surface area (Å²) < 4.78 is 0. The van der Waals surface area contributed by atoms with Crippen LogP contribution in [0.5, 0.6) is 0 Å². The van der Waals surface area contributed by atoms with E-state index in [1.54, 1.807) is 0 Å². The van der Waals surface area contributed by atoms with E-state index in [1.165, 1.54) is 0 Å². The molecule has 2 aromatic carbocycles. The van der Waals surface area contributed by atoms with E-state index < -0.39 is 0 Å². The minimum Gasteiger partial charge on any atom is -0.398 e. The third-order valence-corrected chi connectivity index (χ3v) is 3.21. The van der Waals surface area contributed by atoms with Crippen molar-refractivity contribution in [2.75, 3.05) is 5.73 Å². The highest BCUT2D eigenvalue weighted by atomic mass is 15.2. The summed E-state index contributed by atoms with van der Waals surface area (Å²) in [6.45, 7) is 4.15. The Balaban J connectivity index is 2.15. The summed E-state index contributed by atoms with van der Waals surface area (Å²) >= 11 is 0. The number of nitrogen functional groups attached to an aromatic ring is 1. The van der Waals surface area contributed by atoms with Crippen LogP contribution in [0.3, 0.4) is 0 Å². The predicted molar refractivity (Wildman–Crippen MR) is 77.8 cm³/mol. The molecule has 1 aromatic heterocycles. The number of aromatic amines is 1. The van der Waals surface area contributed by atoms with E-state index in [0.717, 1.165) is 22.2 Å². The minimum atomic E-state index is 0.322. The van der Waals surface area contributed by atoms with Crippen LogP contribution in [-0.2, 0) is 0 Å². The molecule has 3 rings (SSSR count). The van der Waals surface area contributed by atoms with Crippen molar-refractivity contribution < 1.29 is 0 Å². The third kappa shape index (κ3) is 2.05. The van der Waals surface area contributed by atoms with Gasteiger partial charge in [-0.25, -0.2) is 4.98 Å². The number of nitrogens with zero attached hydrogens (tertiary/aromatic N) is 2. The van der Waals surface area contributed by atoms with Crippen LogP contribution in [0.2, 0.25) is 0 Å². The van der Waals surface area contributed by atoms with Gasteiger partial charge in [0.05, 0.1) is 0 Å². The first kappa shape index (κ1) is 11.7. The van der Waals surface area contributed by atoms with Crippen LogP contribution in [-0.4, -0.2) is 15.2 Å². The quantitative estimate of drug-likeness (QED) is 0.687. The molecule has 0 saturated heterocycles. The molecule has 0 radical (unpaired) electrons. The maximum atomic E-state index is 6.11. The monoisotopic (exact) mass is 252 g/mol. The zero-order valence-corrected chi connectivity index (χ0v) is 11.0. The van der Waals surface area contributed by atoms with Crippen molar-refractivity contribution in [2.24, 2.45) is 0 Å². The normalized spacial score (nSPS) is 11.3. The summed E-state index contributed by atoms with van der Waals surface area (Å²) in [6.07, 6.45) is 0. The van der Waals surface area contributed by atoms with Crippen LogP contribution in [0.25, 0.3) is 22.2 Å². The number of nitrogens with two attached hydrogens (primary N) is 1. The van der Waals surface area contributed by atoms with Gasteiger partial charge in [0.15, 0.2) is 5.82 Å². The number of H-pyrrole nitrogens is 1. The van der Waals surface area contributed by atoms with Gasteiger partial charge in [0, 0.05) is 17.2 Å². The standard InChI is InChI=1S/C15H16N4/c1-9(2)14-17-15(19-18-14)12-7-10-5-3-4-6-11(10)8-13(12)16/h3-9H,16H2,1-2H3,(H,17,18,19). The molecule has 0 amide bonds. The summed E-state index contributed by atoms with van der Waals surface area (Å²) in [6, 6.07) is 12.1. The first-order valence-corrected chi connectivity index (χ1v) is 6.36. The van der Waals surface area contributed by atoms with Gasteiger partial charge in [-0.05, 0) is 22.9 Å². The van der Waals surface area contributed by atoms with Gasteiger partial charge in [0.1, 0.15) is 5.82 Å². The summed E-state index contributed by atoms with van der Waals surface area (Å²) in [7, 11) is 0. The van der Waals surface area contributed by atoms with E-state index >= 15 is 0 Å². The summed E-state index contributed by atoms with van der Waals surface area (Å²) in [5.41, 5.74) is 7.69. The van der Waals surface area contributed by atoms with Crippen molar-refractivity contribution in [3.63, 3.8) is 0 Å². The number of aromatic nitrogens is 3. The number of fused-ring (bicyclic) bond motifs is 1. The van der Waals surface area contributed by atoms with Crippen LogP contribution in [0, 0.1) is 0 Å². The number of hydrogen-bond acceptors (Lipinski definition) is 3. The van der Waals surface area contributed by atoms with Crippen LogP contribution < -0.4 is 5.73 Å². The molecule has 0 spiro atoms. The molecule has 3 aromatic rings. The molecule has 96 valence electrons. The van der Waals surface area contributed by atoms with Crippen LogP contribution in [0.4, 0.5) is 5.69 Å². The van der Waals surface area contributed by atoms with Crippen molar-refractivity contribution >= 4 is 16.5 Å². The van der Waals surface area contributed by atoms with Gasteiger partial charge in [-0.1, -0.05) is 38.1 Å². The lowest BCUT2D eigenvalue weighted by atomic mass is 10.0. The van der Waals surface area contributed by atoms with Crippen molar-refractivity contribution in [1.29, 1.82) is 0 Å².